The molecular weight excluding hydrogens is 388 g/mol. The number of nitrogens with zero attached hydrogens (tertiary/aromatic N) is 5. The molecule has 160 valence electrons. The predicted octanol–water partition coefficient (Wildman–Crippen LogP) is 4.47. The first-order valence-corrected chi connectivity index (χ1v) is 10.8. The fraction of sp³-hybridized carbons (Fsp3) is 0.333. The maximum atomic E-state index is 13.0. The summed E-state index contributed by atoms with van der Waals surface area (Å²) in [4.78, 5) is 13.0. The summed E-state index contributed by atoms with van der Waals surface area (Å²) >= 11 is 0. The van der Waals surface area contributed by atoms with Crippen LogP contribution in [0.15, 0.2) is 59.5 Å². The number of hydrogen-bond acceptors (Lipinski definition) is 4. The molecule has 4 rings (SSSR count). The molecule has 0 aliphatic heterocycles. The number of aryl methyl sites for hydroxylation is 1. The maximum absolute atomic E-state index is 13.0. The Morgan fingerprint density at radius 2 is 1.77 bits per heavy atom. The number of benzene rings is 2. The van der Waals surface area contributed by atoms with E-state index in [1.165, 1.54) is 0 Å². The fourth-order valence-corrected chi connectivity index (χ4v) is 3.89. The van der Waals surface area contributed by atoms with E-state index in [4.69, 9.17) is 0 Å². The third kappa shape index (κ3) is 4.21. The molecule has 2 aromatic carbocycles. The van der Waals surface area contributed by atoms with Gasteiger partial charge < -0.3 is 0 Å². The monoisotopic (exact) mass is 416 g/mol. The van der Waals surface area contributed by atoms with Gasteiger partial charge in [0.1, 0.15) is 0 Å². The normalized spacial score (nSPS) is 12.2. The average molecular weight is 417 g/mol. The van der Waals surface area contributed by atoms with Gasteiger partial charge in [-0.25, -0.2) is 4.79 Å². The third-order valence-corrected chi connectivity index (χ3v) is 5.78. The molecule has 0 radical (unpaired) electrons. The van der Waals surface area contributed by atoms with Gasteiger partial charge in [-0.3, -0.25) is 9.13 Å². The second-order valence-electron chi connectivity index (χ2n) is 7.90. The van der Waals surface area contributed by atoms with Crippen LogP contribution in [0.1, 0.15) is 50.8 Å². The molecule has 1 N–H and O–H groups in total. The summed E-state index contributed by atoms with van der Waals surface area (Å²) in [5.41, 5.74) is 5.32. The highest BCUT2D eigenvalue weighted by Gasteiger charge is 2.16. The largest absolute Gasteiger partial charge is 0.328 e. The van der Waals surface area contributed by atoms with E-state index in [2.05, 4.69) is 71.7 Å². The Balaban J connectivity index is 1.65. The van der Waals surface area contributed by atoms with Crippen LogP contribution in [-0.4, -0.2) is 29.8 Å². The van der Waals surface area contributed by atoms with Crippen molar-refractivity contribution in [3.63, 3.8) is 0 Å². The molecule has 31 heavy (non-hydrogen) atoms. The standard InChI is InChI=1S/C24H28N6O/c1-4-14-29-16-22(17(3)5-2)30(24(29)31)15-18-10-12-19(13-11-18)20-8-6-7-9-21(20)23-25-27-28-26-23/h6-13,16-17H,4-5,14-15H2,1-3H3,(H,25,26,27,28). The molecule has 0 aliphatic carbocycles. The molecule has 0 fully saturated rings. The van der Waals surface area contributed by atoms with Crippen molar-refractivity contribution in [1.29, 1.82) is 0 Å². The number of aromatic nitrogens is 6. The van der Waals surface area contributed by atoms with Crippen LogP contribution in [0, 0.1) is 0 Å². The molecule has 7 heteroatoms. The lowest BCUT2D eigenvalue weighted by molar-refractivity contribution is 0.605. The number of tetrazole rings is 1. The number of imidazole rings is 1. The lowest BCUT2D eigenvalue weighted by atomic mass is 9.98. The van der Waals surface area contributed by atoms with Crippen LogP contribution >= 0.6 is 0 Å². The van der Waals surface area contributed by atoms with Gasteiger partial charge in [0.2, 0.25) is 5.82 Å². The molecule has 1 atom stereocenters. The van der Waals surface area contributed by atoms with Gasteiger partial charge in [0.05, 0.1) is 6.54 Å². The lowest BCUT2D eigenvalue weighted by Crippen LogP contribution is -2.25. The molecule has 2 heterocycles. The third-order valence-electron chi connectivity index (χ3n) is 5.78. The van der Waals surface area contributed by atoms with Gasteiger partial charge in [0, 0.05) is 24.0 Å². The minimum Gasteiger partial charge on any atom is -0.299 e. The summed E-state index contributed by atoms with van der Waals surface area (Å²) < 4.78 is 3.77. The fourth-order valence-electron chi connectivity index (χ4n) is 3.89. The van der Waals surface area contributed by atoms with Gasteiger partial charge in [0.25, 0.3) is 0 Å². The Labute approximate surface area is 181 Å². The predicted molar refractivity (Wildman–Crippen MR) is 122 cm³/mol. The Hall–Kier alpha value is -3.48. The second kappa shape index (κ2) is 9.12. The zero-order valence-electron chi connectivity index (χ0n) is 18.2. The summed E-state index contributed by atoms with van der Waals surface area (Å²) in [6.45, 7) is 7.76. The first-order chi connectivity index (χ1) is 15.1. The highest BCUT2D eigenvalue weighted by molar-refractivity contribution is 5.80. The van der Waals surface area contributed by atoms with Crippen LogP contribution < -0.4 is 5.69 Å². The van der Waals surface area contributed by atoms with E-state index in [0.29, 0.717) is 18.3 Å². The second-order valence-corrected chi connectivity index (χ2v) is 7.90. The molecule has 7 nitrogen and oxygen atoms in total. The molecule has 0 amide bonds. The first-order valence-electron chi connectivity index (χ1n) is 10.8. The van der Waals surface area contributed by atoms with Crippen molar-refractivity contribution in [3.05, 3.63) is 76.5 Å². The molecule has 0 saturated carbocycles. The van der Waals surface area contributed by atoms with Gasteiger partial charge in [-0.1, -0.05) is 69.3 Å². The van der Waals surface area contributed by atoms with Crippen LogP contribution in [0.2, 0.25) is 0 Å². The Morgan fingerprint density at radius 1 is 1.03 bits per heavy atom. The minimum atomic E-state index is 0.0729. The summed E-state index contributed by atoms with van der Waals surface area (Å²) in [6, 6.07) is 16.4. The molecule has 4 aromatic rings. The highest BCUT2D eigenvalue weighted by atomic mass is 16.1. The topological polar surface area (TPSA) is 81.4 Å². The molecule has 1 unspecified atom stereocenters. The van der Waals surface area contributed by atoms with E-state index >= 15 is 0 Å². The van der Waals surface area contributed by atoms with Gasteiger partial charge in [-0.05, 0) is 40.7 Å². The average Bonchev–Trinajstić information content (AvgIpc) is 3.44. The molecule has 0 spiro atoms. The zero-order valence-corrected chi connectivity index (χ0v) is 18.2. The van der Waals surface area contributed by atoms with Crippen molar-refractivity contribution in [2.75, 3.05) is 0 Å². The summed E-state index contributed by atoms with van der Waals surface area (Å²) in [6.07, 6.45) is 3.98. The first kappa shape index (κ1) is 20.8. The van der Waals surface area contributed by atoms with Gasteiger partial charge in [-0.2, -0.15) is 5.21 Å². The number of hydrogen-bond donors (Lipinski definition) is 1. The Bertz CT molecular complexity index is 1190. The van der Waals surface area contributed by atoms with Crippen molar-refractivity contribution in [2.24, 2.45) is 0 Å². The quantitative estimate of drug-likeness (QED) is 0.459. The number of H-pyrrole nitrogens is 1. The van der Waals surface area contributed by atoms with Crippen LogP contribution in [0.3, 0.4) is 0 Å². The van der Waals surface area contributed by atoms with Crippen molar-refractivity contribution in [1.82, 2.24) is 29.8 Å². The van der Waals surface area contributed by atoms with Gasteiger partial charge in [0.15, 0.2) is 0 Å². The highest BCUT2D eigenvalue weighted by Crippen LogP contribution is 2.30. The molecule has 0 bridgehead atoms. The van der Waals surface area contributed by atoms with Crippen molar-refractivity contribution in [2.45, 2.75) is 52.6 Å². The smallest absolute Gasteiger partial charge is 0.299 e. The van der Waals surface area contributed by atoms with Crippen molar-refractivity contribution in [3.8, 4) is 22.5 Å². The van der Waals surface area contributed by atoms with E-state index < -0.39 is 0 Å². The van der Waals surface area contributed by atoms with E-state index in [-0.39, 0.29) is 5.69 Å². The Morgan fingerprint density at radius 3 is 2.42 bits per heavy atom. The minimum absolute atomic E-state index is 0.0729. The van der Waals surface area contributed by atoms with Gasteiger partial charge >= 0.3 is 5.69 Å². The zero-order chi connectivity index (χ0) is 21.8. The van der Waals surface area contributed by atoms with Crippen LogP contribution in [0.4, 0.5) is 0 Å². The van der Waals surface area contributed by atoms with E-state index in [1.807, 2.05) is 33.5 Å². The van der Waals surface area contributed by atoms with E-state index in [0.717, 1.165) is 47.3 Å². The van der Waals surface area contributed by atoms with Crippen LogP contribution in [0.5, 0.6) is 0 Å². The molecular formula is C24H28N6O. The van der Waals surface area contributed by atoms with Crippen LogP contribution in [-0.2, 0) is 13.1 Å². The van der Waals surface area contributed by atoms with Crippen LogP contribution in [0.25, 0.3) is 22.5 Å². The van der Waals surface area contributed by atoms with Gasteiger partial charge in [-0.15, -0.1) is 10.2 Å². The number of nitrogens with one attached hydrogen (secondary N) is 1. The van der Waals surface area contributed by atoms with E-state index in [1.54, 1.807) is 0 Å². The molecule has 0 saturated heterocycles. The summed E-state index contributed by atoms with van der Waals surface area (Å²) in [5.74, 6) is 0.911. The number of rotatable bonds is 8. The Kier molecular flexibility index (Phi) is 6.11. The molecule has 2 aromatic heterocycles. The summed E-state index contributed by atoms with van der Waals surface area (Å²) in [7, 11) is 0. The van der Waals surface area contributed by atoms with Crippen molar-refractivity contribution < 1.29 is 0 Å². The van der Waals surface area contributed by atoms with E-state index in [9.17, 15) is 4.79 Å². The maximum Gasteiger partial charge on any atom is 0.328 e. The lowest BCUT2D eigenvalue weighted by Gasteiger charge is -2.13. The summed E-state index contributed by atoms with van der Waals surface area (Å²) in [5, 5.41) is 14.4. The number of aromatic amines is 1. The molecule has 0 aliphatic rings. The SMILES string of the molecule is CCCn1cc(C(C)CC)n(Cc2ccc(-c3ccccc3-c3nn[nH]n3)cc2)c1=O. The van der Waals surface area contributed by atoms with Crippen molar-refractivity contribution >= 4 is 0 Å².